The molecule has 5 rings (SSSR count). The Bertz CT molecular complexity index is 1560. The lowest BCUT2D eigenvalue weighted by Crippen LogP contribution is -2.58. The fraction of sp³-hybridized carbons (Fsp3) is 0.485. The van der Waals surface area contributed by atoms with Crippen LogP contribution in [0.4, 0.5) is 4.79 Å². The molecule has 44 heavy (non-hydrogen) atoms. The fourth-order valence-electron chi connectivity index (χ4n) is 6.04. The summed E-state index contributed by atoms with van der Waals surface area (Å²) in [6.07, 6.45) is 4.77. The predicted molar refractivity (Wildman–Crippen MR) is 167 cm³/mol. The molecule has 2 unspecified atom stereocenters. The molecule has 2 atom stereocenters. The molecule has 1 fully saturated rings. The maximum absolute atomic E-state index is 13.4. The van der Waals surface area contributed by atoms with Gasteiger partial charge >= 0.3 is 6.09 Å². The highest BCUT2D eigenvalue weighted by molar-refractivity contribution is 7.89. The van der Waals surface area contributed by atoms with Gasteiger partial charge in [-0.1, -0.05) is 42.0 Å². The normalized spacial score (nSPS) is 21.1. The standard InChI is InChI=1S/C33H42N4O6S/c1-22-8-11-26(12-9-22)44(41,42)37-19-16-34-31(39)29(37)21-30(38)35-28-7-5-6-25-20-24(10-13-27(25)28)23-14-17-36(18-15-23)32(40)43-33(2,3)4/h8-14,20,28-29H,5-7,15-19,21H2,1-4H3,(H,34,39)(H,35,38). The number of carbonyl (C=O) groups is 3. The van der Waals surface area contributed by atoms with E-state index in [1.54, 1.807) is 17.0 Å². The molecule has 1 saturated heterocycles. The molecule has 10 nitrogen and oxygen atoms in total. The maximum Gasteiger partial charge on any atom is 0.410 e. The zero-order valence-electron chi connectivity index (χ0n) is 25.9. The monoisotopic (exact) mass is 622 g/mol. The Morgan fingerprint density at radius 2 is 1.82 bits per heavy atom. The predicted octanol–water partition coefficient (Wildman–Crippen LogP) is 4.09. The van der Waals surface area contributed by atoms with E-state index in [1.807, 2.05) is 27.7 Å². The van der Waals surface area contributed by atoms with Crippen molar-refractivity contribution in [3.63, 3.8) is 0 Å². The smallest absolute Gasteiger partial charge is 0.410 e. The van der Waals surface area contributed by atoms with Crippen LogP contribution < -0.4 is 10.6 Å². The van der Waals surface area contributed by atoms with Crippen molar-refractivity contribution in [3.05, 3.63) is 70.8 Å². The second kappa shape index (κ2) is 12.7. The van der Waals surface area contributed by atoms with E-state index >= 15 is 0 Å². The quantitative estimate of drug-likeness (QED) is 0.500. The van der Waals surface area contributed by atoms with Crippen LogP contribution in [-0.2, 0) is 30.8 Å². The minimum absolute atomic E-state index is 0.0975. The van der Waals surface area contributed by atoms with E-state index in [0.717, 1.165) is 52.2 Å². The van der Waals surface area contributed by atoms with E-state index in [9.17, 15) is 22.8 Å². The van der Waals surface area contributed by atoms with Crippen LogP contribution >= 0.6 is 0 Å². The third-order valence-electron chi connectivity index (χ3n) is 8.31. The van der Waals surface area contributed by atoms with Gasteiger partial charge in [0.1, 0.15) is 11.6 Å². The number of nitrogens with one attached hydrogen (secondary N) is 2. The molecule has 11 heteroatoms. The molecule has 1 aliphatic carbocycles. The summed E-state index contributed by atoms with van der Waals surface area (Å²) in [7, 11) is -3.96. The number of nitrogens with zero attached hydrogens (tertiary/aromatic N) is 2. The fourth-order valence-corrected chi connectivity index (χ4v) is 7.63. The summed E-state index contributed by atoms with van der Waals surface area (Å²) in [6, 6.07) is 11.4. The SMILES string of the molecule is Cc1ccc(S(=O)(=O)N2CCNC(=O)C2CC(=O)NC2CCCc3cc(C4=CCN(C(=O)OC(C)(C)C)CC4)ccc32)cc1. The first-order chi connectivity index (χ1) is 20.8. The molecule has 0 aromatic heterocycles. The van der Waals surface area contributed by atoms with Crippen molar-refractivity contribution in [2.24, 2.45) is 0 Å². The highest BCUT2D eigenvalue weighted by Crippen LogP contribution is 2.34. The van der Waals surface area contributed by atoms with Gasteiger partial charge in [-0.15, -0.1) is 0 Å². The lowest BCUT2D eigenvalue weighted by atomic mass is 9.85. The van der Waals surface area contributed by atoms with E-state index in [4.69, 9.17) is 4.74 Å². The van der Waals surface area contributed by atoms with E-state index < -0.39 is 27.6 Å². The topological polar surface area (TPSA) is 125 Å². The first-order valence-electron chi connectivity index (χ1n) is 15.3. The summed E-state index contributed by atoms with van der Waals surface area (Å²) in [5, 5.41) is 5.80. The van der Waals surface area contributed by atoms with Crippen LogP contribution in [0.25, 0.3) is 5.57 Å². The highest BCUT2D eigenvalue weighted by atomic mass is 32.2. The second-order valence-corrected chi connectivity index (χ2v) is 14.7. The average molecular weight is 623 g/mol. The Balaban J connectivity index is 1.26. The highest BCUT2D eigenvalue weighted by Gasteiger charge is 2.40. The van der Waals surface area contributed by atoms with Crippen molar-refractivity contribution < 1.29 is 27.5 Å². The zero-order valence-corrected chi connectivity index (χ0v) is 26.7. The summed E-state index contributed by atoms with van der Waals surface area (Å²) in [6.45, 7) is 8.81. The van der Waals surface area contributed by atoms with Crippen molar-refractivity contribution in [3.8, 4) is 0 Å². The second-order valence-electron chi connectivity index (χ2n) is 12.8. The Kier molecular flexibility index (Phi) is 9.17. The van der Waals surface area contributed by atoms with Crippen LogP contribution in [-0.4, -0.2) is 73.4 Å². The summed E-state index contributed by atoms with van der Waals surface area (Å²) in [4.78, 5) is 40.4. The van der Waals surface area contributed by atoms with Gasteiger partial charge in [0.05, 0.1) is 17.4 Å². The lowest BCUT2D eigenvalue weighted by Gasteiger charge is -2.34. The van der Waals surface area contributed by atoms with Gasteiger partial charge in [-0.05, 0) is 87.8 Å². The minimum atomic E-state index is -3.96. The van der Waals surface area contributed by atoms with Crippen molar-refractivity contribution in [1.29, 1.82) is 0 Å². The van der Waals surface area contributed by atoms with Crippen LogP contribution in [0.2, 0.25) is 0 Å². The molecule has 0 spiro atoms. The number of piperazine rings is 1. The van der Waals surface area contributed by atoms with E-state index in [1.165, 1.54) is 17.7 Å². The summed E-state index contributed by atoms with van der Waals surface area (Å²) in [5.41, 5.74) is 4.88. The molecule has 2 N–H and O–H groups in total. The molecule has 0 bridgehead atoms. The van der Waals surface area contributed by atoms with Crippen LogP contribution in [0.5, 0.6) is 0 Å². The summed E-state index contributed by atoms with van der Waals surface area (Å²) in [5.74, 6) is -0.836. The van der Waals surface area contributed by atoms with Gasteiger partial charge in [-0.3, -0.25) is 9.59 Å². The van der Waals surface area contributed by atoms with Gasteiger partial charge in [0.15, 0.2) is 0 Å². The molecule has 0 radical (unpaired) electrons. The minimum Gasteiger partial charge on any atom is -0.444 e. The van der Waals surface area contributed by atoms with E-state index in [2.05, 4.69) is 34.9 Å². The van der Waals surface area contributed by atoms with Crippen LogP contribution in [0.1, 0.15) is 74.8 Å². The van der Waals surface area contributed by atoms with Gasteiger partial charge in [0.25, 0.3) is 0 Å². The number of aryl methyl sites for hydroxylation is 2. The molecule has 2 aromatic rings. The Hall–Kier alpha value is -3.70. The van der Waals surface area contributed by atoms with Gasteiger partial charge < -0.3 is 20.3 Å². The van der Waals surface area contributed by atoms with E-state index in [-0.39, 0.29) is 42.4 Å². The number of carbonyl (C=O) groups excluding carboxylic acids is 3. The number of hydrogen-bond acceptors (Lipinski definition) is 6. The molecule has 2 aromatic carbocycles. The number of hydrogen-bond donors (Lipinski definition) is 2. The molecule has 3 aliphatic rings. The van der Waals surface area contributed by atoms with Gasteiger partial charge in [-0.25, -0.2) is 13.2 Å². The number of fused-ring (bicyclic) bond motifs is 1. The van der Waals surface area contributed by atoms with Crippen molar-refractivity contribution in [2.75, 3.05) is 26.2 Å². The molecular formula is C33H42N4O6S. The van der Waals surface area contributed by atoms with Gasteiger partial charge in [0, 0.05) is 26.2 Å². The average Bonchev–Trinajstić information content (AvgIpc) is 2.97. The zero-order chi connectivity index (χ0) is 31.6. The van der Waals surface area contributed by atoms with Crippen molar-refractivity contribution in [2.45, 2.75) is 82.4 Å². The molecule has 0 saturated carbocycles. The molecular weight excluding hydrogens is 580 g/mol. The number of benzene rings is 2. The Morgan fingerprint density at radius 1 is 1.07 bits per heavy atom. The summed E-state index contributed by atoms with van der Waals surface area (Å²) >= 11 is 0. The molecule has 236 valence electrons. The molecule has 3 amide bonds. The maximum atomic E-state index is 13.4. The van der Waals surface area contributed by atoms with Crippen molar-refractivity contribution in [1.82, 2.24) is 19.8 Å². The van der Waals surface area contributed by atoms with Gasteiger partial charge in [-0.2, -0.15) is 4.31 Å². The van der Waals surface area contributed by atoms with Crippen LogP contribution in [0, 0.1) is 6.92 Å². The number of ether oxygens (including phenoxy) is 1. The Labute approximate surface area is 259 Å². The summed E-state index contributed by atoms with van der Waals surface area (Å²) < 4.78 is 33.5. The first kappa shape index (κ1) is 31.7. The third kappa shape index (κ3) is 7.15. The van der Waals surface area contributed by atoms with Crippen LogP contribution in [0.3, 0.4) is 0 Å². The largest absolute Gasteiger partial charge is 0.444 e. The first-order valence-corrected chi connectivity index (χ1v) is 16.7. The van der Waals surface area contributed by atoms with E-state index in [0.29, 0.717) is 13.1 Å². The Morgan fingerprint density at radius 3 is 2.50 bits per heavy atom. The van der Waals surface area contributed by atoms with Crippen LogP contribution in [0.15, 0.2) is 53.4 Å². The van der Waals surface area contributed by atoms with Crippen molar-refractivity contribution >= 4 is 33.5 Å². The molecule has 2 heterocycles. The number of rotatable bonds is 6. The number of sulfonamides is 1. The number of amides is 3. The molecule has 2 aliphatic heterocycles. The third-order valence-corrected chi connectivity index (χ3v) is 10.2. The van der Waals surface area contributed by atoms with Gasteiger partial charge in [0.2, 0.25) is 21.8 Å². The lowest BCUT2D eigenvalue weighted by molar-refractivity contribution is -0.132.